The van der Waals surface area contributed by atoms with Crippen molar-refractivity contribution < 1.29 is 0 Å². The number of benzene rings is 10. The van der Waals surface area contributed by atoms with E-state index in [-0.39, 0.29) is 0 Å². The van der Waals surface area contributed by atoms with Gasteiger partial charge in [0.05, 0.1) is 5.69 Å². The maximum Gasteiger partial charge on any atom is 0.0540 e. The molecule has 0 unspecified atom stereocenters. The number of rotatable bonds is 9. The van der Waals surface area contributed by atoms with Crippen LogP contribution in [0.15, 0.2) is 249 Å². The molecule has 0 aromatic heterocycles. The third-order valence-corrected chi connectivity index (χ3v) is 11.3. The lowest BCUT2D eigenvalue weighted by molar-refractivity contribution is 1.28. The highest BCUT2D eigenvalue weighted by Gasteiger charge is 2.22. The zero-order valence-electron chi connectivity index (χ0n) is 32.6. The van der Waals surface area contributed by atoms with Crippen LogP contribution in [0.2, 0.25) is 0 Å². The molecule has 10 aromatic rings. The van der Waals surface area contributed by atoms with Gasteiger partial charge in [-0.25, -0.2) is 0 Å². The highest BCUT2D eigenvalue weighted by atomic mass is 15.1. The van der Waals surface area contributed by atoms with E-state index in [1.54, 1.807) is 0 Å². The van der Waals surface area contributed by atoms with Crippen molar-refractivity contribution in [1.82, 2.24) is 0 Å². The Bertz CT molecular complexity index is 2930. The highest BCUT2D eigenvalue weighted by molar-refractivity contribution is 6.01. The summed E-state index contributed by atoms with van der Waals surface area (Å²) < 4.78 is 0. The average molecular weight is 752 g/mol. The van der Waals surface area contributed by atoms with Crippen molar-refractivity contribution in [1.29, 1.82) is 0 Å². The summed E-state index contributed by atoms with van der Waals surface area (Å²) in [5.41, 5.74) is 17.5. The summed E-state index contributed by atoms with van der Waals surface area (Å²) in [6, 6.07) is 89.9. The van der Waals surface area contributed by atoms with Crippen LogP contribution >= 0.6 is 0 Å². The van der Waals surface area contributed by atoms with Gasteiger partial charge in [-0.3, -0.25) is 0 Å². The molecule has 0 N–H and O–H groups in total. The van der Waals surface area contributed by atoms with E-state index in [1.807, 2.05) is 0 Å². The molecule has 278 valence electrons. The molecule has 0 atom stereocenters. The third kappa shape index (κ3) is 7.12. The summed E-state index contributed by atoms with van der Waals surface area (Å²) in [5, 5.41) is 2.50. The maximum absolute atomic E-state index is 2.40. The van der Waals surface area contributed by atoms with Crippen molar-refractivity contribution in [3.05, 3.63) is 249 Å². The van der Waals surface area contributed by atoms with Gasteiger partial charge in [0.2, 0.25) is 0 Å². The van der Waals surface area contributed by atoms with Crippen molar-refractivity contribution in [2.24, 2.45) is 0 Å². The van der Waals surface area contributed by atoms with Crippen LogP contribution < -0.4 is 4.90 Å². The van der Waals surface area contributed by atoms with Gasteiger partial charge in [0.25, 0.3) is 0 Å². The molecule has 0 radical (unpaired) electrons. The fraction of sp³-hybridized carbons (Fsp3) is 0. The van der Waals surface area contributed by atoms with Gasteiger partial charge < -0.3 is 4.90 Å². The van der Waals surface area contributed by atoms with Crippen molar-refractivity contribution >= 4 is 27.8 Å². The zero-order chi connectivity index (χ0) is 39.4. The summed E-state index contributed by atoms with van der Waals surface area (Å²) in [7, 11) is 0. The lowest BCUT2D eigenvalue weighted by atomic mass is 9.83. The second-order valence-electron chi connectivity index (χ2n) is 14.9. The topological polar surface area (TPSA) is 3.24 Å². The predicted molar refractivity (Wildman–Crippen MR) is 251 cm³/mol. The lowest BCUT2D eigenvalue weighted by Crippen LogP contribution is -2.11. The predicted octanol–water partition coefficient (Wildman–Crippen LogP) is 16.3. The van der Waals surface area contributed by atoms with Crippen molar-refractivity contribution in [3.8, 4) is 66.8 Å². The van der Waals surface area contributed by atoms with Crippen LogP contribution in [0.4, 0.5) is 17.1 Å². The average Bonchev–Trinajstić information content (AvgIpc) is 3.33. The minimum absolute atomic E-state index is 1.09. The van der Waals surface area contributed by atoms with Crippen molar-refractivity contribution in [3.63, 3.8) is 0 Å². The van der Waals surface area contributed by atoms with E-state index in [4.69, 9.17) is 0 Å². The normalized spacial score (nSPS) is 11.1. The number of fused-ring (bicyclic) bond motifs is 1. The Hall–Kier alpha value is -7.74. The van der Waals surface area contributed by atoms with Gasteiger partial charge in [0.1, 0.15) is 0 Å². The van der Waals surface area contributed by atoms with Crippen molar-refractivity contribution in [2.45, 2.75) is 0 Å². The summed E-state index contributed by atoms with van der Waals surface area (Å²) >= 11 is 0. The monoisotopic (exact) mass is 751 g/mol. The molecule has 0 aliphatic carbocycles. The van der Waals surface area contributed by atoms with Crippen LogP contribution in [0.3, 0.4) is 0 Å². The minimum Gasteiger partial charge on any atom is -0.310 e. The van der Waals surface area contributed by atoms with Crippen LogP contribution in [0.5, 0.6) is 0 Å². The first kappa shape index (κ1) is 35.7. The Morgan fingerprint density at radius 1 is 0.237 bits per heavy atom. The van der Waals surface area contributed by atoms with E-state index in [2.05, 4.69) is 254 Å². The van der Waals surface area contributed by atoms with Crippen LogP contribution in [0, 0.1) is 0 Å². The molecule has 0 spiro atoms. The second-order valence-corrected chi connectivity index (χ2v) is 14.9. The maximum atomic E-state index is 2.40. The molecule has 1 nitrogen and oxygen atoms in total. The fourth-order valence-corrected chi connectivity index (χ4v) is 8.45. The number of hydrogen-bond donors (Lipinski definition) is 0. The first-order chi connectivity index (χ1) is 29.3. The molecule has 0 saturated carbocycles. The van der Waals surface area contributed by atoms with E-state index >= 15 is 0 Å². The first-order valence-electron chi connectivity index (χ1n) is 20.3. The Labute approximate surface area is 346 Å². The third-order valence-electron chi connectivity index (χ3n) is 11.3. The molecule has 10 rings (SSSR count). The number of para-hydroxylation sites is 1. The Kier molecular flexibility index (Phi) is 9.68. The lowest BCUT2D eigenvalue weighted by Gasteiger charge is -2.29. The van der Waals surface area contributed by atoms with Gasteiger partial charge in [0, 0.05) is 16.9 Å². The summed E-state index contributed by atoms with van der Waals surface area (Å²) in [6.07, 6.45) is 0. The van der Waals surface area contributed by atoms with Crippen LogP contribution in [0.25, 0.3) is 77.5 Å². The standard InChI is InChI=1S/C58H41N/c1-6-19-42(20-7-1)49-40-55(45-23-10-3-11-24-45)58(56(41-49)46-25-12-4-13-26-46)48-35-38-57(54(39-48)44-21-8-2-9-22-44)59(50-29-14-5-15-30-50)51-36-33-47(34-37-51)53-32-18-28-43-27-16-17-31-52(43)53/h1-41H. The van der Waals surface area contributed by atoms with Crippen LogP contribution in [-0.4, -0.2) is 0 Å². The molecule has 0 heterocycles. The molecular weight excluding hydrogens is 711 g/mol. The van der Waals surface area contributed by atoms with Crippen molar-refractivity contribution in [2.75, 3.05) is 4.90 Å². The molecule has 0 bridgehead atoms. The summed E-state index contributed by atoms with van der Waals surface area (Å²) in [6.45, 7) is 0. The van der Waals surface area contributed by atoms with Gasteiger partial charge in [-0.05, 0) is 121 Å². The molecule has 0 aliphatic rings. The first-order valence-corrected chi connectivity index (χ1v) is 20.3. The van der Waals surface area contributed by atoms with Crippen LogP contribution in [-0.2, 0) is 0 Å². The van der Waals surface area contributed by atoms with Gasteiger partial charge in [0.15, 0.2) is 0 Å². The van der Waals surface area contributed by atoms with Gasteiger partial charge in [-0.1, -0.05) is 200 Å². The van der Waals surface area contributed by atoms with E-state index in [0.717, 1.165) is 33.8 Å². The molecule has 1 heteroatoms. The smallest absolute Gasteiger partial charge is 0.0540 e. The molecule has 0 saturated heterocycles. The fourth-order valence-electron chi connectivity index (χ4n) is 8.45. The van der Waals surface area contributed by atoms with E-state index in [0.29, 0.717) is 0 Å². The molecule has 0 fully saturated rings. The summed E-state index contributed by atoms with van der Waals surface area (Å²) in [4.78, 5) is 2.40. The number of hydrogen-bond acceptors (Lipinski definition) is 1. The van der Waals surface area contributed by atoms with E-state index in [9.17, 15) is 0 Å². The van der Waals surface area contributed by atoms with Gasteiger partial charge in [-0.15, -0.1) is 0 Å². The zero-order valence-corrected chi connectivity index (χ0v) is 32.6. The Morgan fingerprint density at radius 3 is 1.25 bits per heavy atom. The Morgan fingerprint density at radius 2 is 0.661 bits per heavy atom. The minimum atomic E-state index is 1.09. The Balaban J connectivity index is 1.20. The SMILES string of the molecule is c1ccc(-c2cc(-c3ccccc3)c(-c3ccc(N(c4ccccc4)c4ccc(-c5cccc6ccccc56)cc4)c(-c4ccccc4)c3)c(-c3ccccc3)c2)cc1. The van der Waals surface area contributed by atoms with Gasteiger partial charge >= 0.3 is 0 Å². The highest BCUT2D eigenvalue weighted by Crippen LogP contribution is 2.48. The largest absolute Gasteiger partial charge is 0.310 e. The van der Waals surface area contributed by atoms with E-state index in [1.165, 1.54) is 60.8 Å². The molecular formula is C58H41N. The van der Waals surface area contributed by atoms with Gasteiger partial charge in [-0.2, -0.15) is 0 Å². The summed E-state index contributed by atoms with van der Waals surface area (Å²) in [5.74, 6) is 0. The molecule has 59 heavy (non-hydrogen) atoms. The number of nitrogens with zero attached hydrogens (tertiary/aromatic N) is 1. The van der Waals surface area contributed by atoms with E-state index < -0.39 is 0 Å². The number of anilines is 3. The molecule has 10 aromatic carbocycles. The molecule has 0 amide bonds. The molecule has 0 aliphatic heterocycles. The quantitative estimate of drug-likeness (QED) is 0.142. The van der Waals surface area contributed by atoms with Crippen LogP contribution in [0.1, 0.15) is 0 Å². The second kappa shape index (κ2) is 16.0.